The van der Waals surface area contributed by atoms with Crippen molar-refractivity contribution in [3.8, 4) is 0 Å². The lowest BCUT2D eigenvalue weighted by molar-refractivity contribution is -0.128. The Morgan fingerprint density at radius 1 is 1.30 bits per heavy atom. The molecule has 1 heterocycles. The van der Waals surface area contributed by atoms with E-state index in [2.05, 4.69) is 15.0 Å². The molecule has 6 nitrogen and oxygen atoms in total. The van der Waals surface area contributed by atoms with E-state index in [9.17, 15) is 9.59 Å². The Kier molecular flexibility index (Phi) is 5.70. The number of thiazole rings is 1. The highest BCUT2D eigenvalue weighted by atomic mass is 32.1. The van der Waals surface area contributed by atoms with Gasteiger partial charge < -0.3 is 15.0 Å². The van der Waals surface area contributed by atoms with Crippen LogP contribution in [0.1, 0.15) is 20.9 Å². The summed E-state index contributed by atoms with van der Waals surface area (Å²) in [5.41, 5.74) is 1.66. The van der Waals surface area contributed by atoms with Gasteiger partial charge in [-0.15, -0.1) is 0 Å². The van der Waals surface area contributed by atoms with Crippen LogP contribution in [-0.4, -0.2) is 42.5 Å². The number of likely N-dealkylation sites (N-methyl/N-ethyl adjacent to an activating group) is 1. The highest BCUT2D eigenvalue weighted by Crippen LogP contribution is 2.23. The van der Waals surface area contributed by atoms with Crippen LogP contribution in [0, 0.1) is 6.92 Å². The van der Waals surface area contributed by atoms with Gasteiger partial charge in [-0.3, -0.25) is 4.79 Å². The van der Waals surface area contributed by atoms with Crippen LogP contribution in [0.3, 0.4) is 0 Å². The molecular formula is C16H19N3O3S. The van der Waals surface area contributed by atoms with Gasteiger partial charge in [0, 0.05) is 13.6 Å². The highest BCUT2D eigenvalue weighted by molar-refractivity contribution is 7.17. The second-order valence-electron chi connectivity index (χ2n) is 5.01. The molecule has 0 spiro atoms. The lowest BCUT2D eigenvalue weighted by Crippen LogP contribution is -2.31. The summed E-state index contributed by atoms with van der Waals surface area (Å²) < 4.78 is 4.69. The third kappa shape index (κ3) is 4.53. The van der Waals surface area contributed by atoms with Gasteiger partial charge in [0.2, 0.25) is 5.91 Å². The van der Waals surface area contributed by atoms with Gasteiger partial charge in [0.05, 0.1) is 19.3 Å². The molecular weight excluding hydrogens is 314 g/mol. The summed E-state index contributed by atoms with van der Waals surface area (Å²) in [5.74, 6) is -0.470. The van der Waals surface area contributed by atoms with E-state index in [0.29, 0.717) is 22.2 Å². The number of benzene rings is 1. The van der Waals surface area contributed by atoms with Gasteiger partial charge in [0.15, 0.2) is 5.13 Å². The first-order valence-electron chi connectivity index (χ1n) is 7.08. The molecule has 1 N–H and O–H groups in total. The number of rotatable bonds is 6. The minimum Gasteiger partial charge on any atom is -0.465 e. The van der Waals surface area contributed by atoms with Gasteiger partial charge in [-0.05, 0) is 12.5 Å². The van der Waals surface area contributed by atoms with Crippen molar-refractivity contribution < 1.29 is 14.3 Å². The minimum absolute atomic E-state index is 0.0543. The number of amides is 1. The highest BCUT2D eigenvalue weighted by Gasteiger charge is 2.16. The van der Waals surface area contributed by atoms with Gasteiger partial charge in [0.25, 0.3) is 0 Å². The largest absolute Gasteiger partial charge is 0.465 e. The molecule has 1 aromatic heterocycles. The van der Waals surface area contributed by atoms with Crippen molar-refractivity contribution in [3.63, 3.8) is 0 Å². The van der Waals surface area contributed by atoms with Crippen molar-refractivity contribution in [3.05, 3.63) is 46.5 Å². The molecule has 1 aromatic carbocycles. The van der Waals surface area contributed by atoms with Crippen LogP contribution in [0.2, 0.25) is 0 Å². The van der Waals surface area contributed by atoms with E-state index in [1.165, 1.54) is 18.4 Å². The first-order chi connectivity index (χ1) is 11.0. The first kappa shape index (κ1) is 17.0. The molecule has 0 aliphatic carbocycles. The van der Waals surface area contributed by atoms with E-state index < -0.39 is 5.97 Å². The third-order valence-corrected chi connectivity index (χ3v) is 4.34. The molecule has 2 aromatic rings. The van der Waals surface area contributed by atoms with Gasteiger partial charge in [-0.2, -0.15) is 0 Å². The molecule has 2 rings (SSSR count). The molecule has 122 valence electrons. The van der Waals surface area contributed by atoms with Crippen LogP contribution in [0.15, 0.2) is 30.3 Å². The molecule has 0 saturated heterocycles. The second kappa shape index (κ2) is 7.73. The van der Waals surface area contributed by atoms with Gasteiger partial charge in [0.1, 0.15) is 4.88 Å². The molecule has 7 heteroatoms. The molecule has 0 saturated carbocycles. The van der Waals surface area contributed by atoms with Crippen molar-refractivity contribution in [1.29, 1.82) is 0 Å². The lowest BCUT2D eigenvalue weighted by atomic mass is 10.2. The number of ether oxygens (including phenoxy) is 1. The monoisotopic (exact) mass is 333 g/mol. The number of aryl methyl sites for hydroxylation is 1. The van der Waals surface area contributed by atoms with E-state index in [0.717, 1.165) is 5.56 Å². The van der Waals surface area contributed by atoms with Crippen molar-refractivity contribution in [2.75, 3.05) is 26.0 Å². The second-order valence-corrected chi connectivity index (χ2v) is 6.01. The van der Waals surface area contributed by atoms with Crippen LogP contribution >= 0.6 is 11.3 Å². The number of esters is 1. The average Bonchev–Trinajstić information content (AvgIpc) is 2.93. The Morgan fingerprint density at radius 3 is 2.65 bits per heavy atom. The summed E-state index contributed by atoms with van der Waals surface area (Å²) in [5, 5.41) is 3.49. The number of anilines is 1. The Balaban J connectivity index is 1.90. The number of nitrogens with zero attached hydrogens (tertiary/aromatic N) is 2. The van der Waals surface area contributed by atoms with Crippen LogP contribution in [0.25, 0.3) is 0 Å². The van der Waals surface area contributed by atoms with Crippen molar-refractivity contribution in [2.24, 2.45) is 0 Å². The van der Waals surface area contributed by atoms with E-state index in [-0.39, 0.29) is 12.5 Å². The summed E-state index contributed by atoms with van der Waals surface area (Å²) in [6.07, 6.45) is 0. The summed E-state index contributed by atoms with van der Waals surface area (Å²) in [4.78, 5) is 30.0. The number of aromatic nitrogens is 1. The fraction of sp³-hybridized carbons (Fsp3) is 0.312. The van der Waals surface area contributed by atoms with Crippen LogP contribution in [0.5, 0.6) is 0 Å². The summed E-state index contributed by atoms with van der Waals surface area (Å²) in [6.45, 7) is 2.40. The number of methoxy groups -OCH3 is 1. The van der Waals surface area contributed by atoms with Crippen molar-refractivity contribution in [2.45, 2.75) is 13.5 Å². The molecule has 0 bridgehead atoms. The molecule has 1 amide bonds. The SMILES string of the molecule is COC(=O)c1sc(NCC(=O)N(C)Cc2ccccc2)nc1C. The Bertz CT molecular complexity index is 685. The number of hydrogen-bond acceptors (Lipinski definition) is 6. The van der Waals surface area contributed by atoms with E-state index >= 15 is 0 Å². The van der Waals surface area contributed by atoms with Gasteiger partial charge in [-0.1, -0.05) is 41.7 Å². The van der Waals surface area contributed by atoms with E-state index in [4.69, 9.17) is 0 Å². The smallest absolute Gasteiger partial charge is 0.350 e. The van der Waals surface area contributed by atoms with Crippen molar-refractivity contribution in [1.82, 2.24) is 9.88 Å². The number of carbonyl (C=O) groups excluding carboxylic acids is 2. The Hall–Kier alpha value is -2.41. The van der Waals surface area contributed by atoms with Crippen molar-refractivity contribution >= 4 is 28.3 Å². The summed E-state index contributed by atoms with van der Waals surface area (Å²) in [7, 11) is 3.08. The zero-order valence-corrected chi connectivity index (χ0v) is 14.1. The molecule has 0 atom stereocenters. The Morgan fingerprint density at radius 2 is 2.00 bits per heavy atom. The zero-order valence-electron chi connectivity index (χ0n) is 13.3. The van der Waals surface area contributed by atoms with Gasteiger partial charge >= 0.3 is 5.97 Å². The third-order valence-electron chi connectivity index (χ3n) is 3.25. The maximum absolute atomic E-state index is 12.2. The number of nitrogens with one attached hydrogen (secondary N) is 1. The van der Waals surface area contributed by atoms with E-state index in [1.54, 1.807) is 18.9 Å². The Labute approximate surface area is 139 Å². The van der Waals surface area contributed by atoms with Crippen LogP contribution < -0.4 is 5.32 Å². The van der Waals surface area contributed by atoms with Gasteiger partial charge in [-0.25, -0.2) is 9.78 Å². The predicted molar refractivity (Wildman–Crippen MR) is 89.6 cm³/mol. The summed E-state index contributed by atoms with van der Waals surface area (Å²) >= 11 is 1.18. The maximum atomic E-state index is 12.2. The molecule has 0 aliphatic heterocycles. The first-order valence-corrected chi connectivity index (χ1v) is 7.90. The number of carbonyl (C=O) groups is 2. The fourth-order valence-corrected chi connectivity index (χ4v) is 2.87. The van der Waals surface area contributed by atoms with Crippen LogP contribution in [-0.2, 0) is 16.1 Å². The molecule has 23 heavy (non-hydrogen) atoms. The summed E-state index contributed by atoms with van der Waals surface area (Å²) in [6, 6.07) is 9.78. The molecule has 0 fully saturated rings. The predicted octanol–water partition coefficient (Wildman–Crippen LogP) is 2.31. The topological polar surface area (TPSA) is 71.5 Å². The molecule has 0 aliphatic rings. The lowest BCUT2D eigenvalue weighted by Gasteiger charge is -2.17. The average molecular weight is 333 g/mol. The molecule has 0 radical (unpaired) electrons. The van der Waals surface area contributed by atoms with Crippen LogP contribution in [0.4, 0.5) is 5.13 Å². The van der Waals surface area contributed by atoms with E-state index in [1.807, 2.05) is 30.3 Å². The molecule has 0 unspecified atom stereocenters. The number of hydrogen-bond donors (Lipinski definition) is 1. The standard InChI is InChI=1S/C16H19N3O3S/c1-11-14(15(21)22-3)23-16(18-11)17-9-13(20)19(2)10-12-7-5-4-6-8-12/h4-8H,9-10H2,1-3H3,(H,17,18). The normalized spacial score (nSPS) is 10.2. The fourth-order valence-electron chi connectivity index (χ4n) is 1.99. The quantitative estimate of drug-likeness (QED) is 0.821. The zero-order chi connectivity index (χ0) is 16.8. The maximum Gasteiger partial charge on any atom is 0.350 e. The minimum atomic E-state index is -0.416.